The number of nitrogens with zero attached hydrogens (tertiary/aromatic N) is 3. The first-order valence-corrected chi connectivity index (χ1v) is 7.63. The van der Waals surface area contributed by atoms with Crippen LogP contribution in [0.4, 0.5) is 5.82 Å². The molecule has 1 amide bonds. The Morgan fingerprint density at radius 2 is 2.18 bits per heavy atom. The van der Waals surface area contributed by atoms with E-state index in [0.717, 1.165) is 15.8 Å². The molecule has 1 atom stereocenters. The number of hydrogen-bond donors (Lipinski definition) is 1. The molecule has 6 nitrogen and oxygen atoms in total. The van der Waals surface area contributed by atoms with Crippen LogP contribution in [0.15, 0.2) is 45.9 Å². The number of thioether (sulfide) groups is 1. The Hall–Kier alpha value is -2.41. The van der Waals surface area contributed by atoms with Gasteiger partial charge in [0.2, 0.25) is 5.91 Å². The van der Waals surface area contributed by atoms with Gasteiger partial charge in [-0.05, 0) is 19.9 Å². The Bertz CT molecular complexity index is 813. The summed E-state index contributed by atoms with van der Waals surface area (Å²) in [5.74, 6) is 0.937. The fraction of sp³-hybridized carbons (Fsp3) is 0.200. The Labute approximate surface area is 131 Å². The van der Waals surface area contributed by atoms with E-state index in [1.165, 1.54) is 11.8 Å². The molecule has 3 rings (SSSR count). The highest BCUT2D eigenvalue weighted by Gasteiger charge is 2.17. The highest BCUT2D eigenvalue weighted by Crippen LogP contribution is 2.29. The van der Waals surface area contributed by atoms with E-state index in [1.54, 1.807) is 19.2 Å². The van der Waals surface area contributed by atoms with Gasteiger partial charge in [-0.3, -0.25) is 4.79 Å². The van der Waals surface area contributed by atoms with E-state index in [2.05, 4.69) is 20.7 Å². The molecule has 1 N–H and O–H groups in total. The number of hydrogen-bond acceptors (Lipinski definition) is 6. The molecule has 0 unspecified atom stereocenters. The van der Waals surface area contributed by atoms with Crippen molar-refractivity contribution in [2.45, 2.75) is 24.0 Å². The summed E-state index contributed by atoms with van der Waals surface area (Å²) in [5, 5.41) is 15.2. The molecule has 0 saturated carbocycles. The van der Waals surface area contributed by atoms with Crippen molar-refractivity contribution in [3.8, 4) is 0 Å². The molecule has 0 saturated heterocycles. The van der Waals surface area contributed by atoms with Crippen LogP contribution in [0.25, 0.3) is 10.9 Å². The zero-order valence-electron chi connectivity index (χ0n) is 12.1. The van der Waals surface area contributed by atoms with Crippen molar-refractivity contribution in [2.24, 2.45) is 0 Å². The molecule has 0 radical (unpaired) electrons. The lowest BCUT2D eigenvalue weighted by atomic mass is 10.2. The van der Waals surface area contributed by atoms with Gasteiger partial charge < -0.3 is 9.84 Å². The van der Waals surface area contributed by atoms with Crippen molar-refractivity contribution in [3.05, 3.63) is 42.3 Å². The van der Waals surface area contributed by atoms with Crippen LogP contribution in [-0.2, 0) is 4.79 Å². The van der Waals surface area contributed by atoms with Crippen molar-refractivity contribution in [2.75, 3.05) is 5.32 Å². The minimum Gasteiger partial charge on any atom is -0.360 e. The van der Waals surface area contributed by atoms with Crippen molar-refractivity contribution in [1.29, 1.82) is 0 Å². The van der Waals surface area contributed by atoms with E-state index in [1.807, 2.05) is 31.2 Å². The first kappa shape index (κ1) is 14.5. The molecule has 1 aromatic carbocycles. The van der Waals surface area contributed by atoms with E-state index in [-0.39, 0.29) is 11.2 Å². The summed E-state index contributed by atoms with van der Waals surface area (Å²) in [6, 6.07) is 9.40. The van der Waals surface area contributed by atoms with Crippen LogP contribution < -0.4 is 5.32 Å². The van der Waals surface area contributed by atoms with Crippen molar-refractivity contribution in [1.82, 2.24) is 15.4 Å². The van der Waals surface area contributed by atoms with E-state index in [0.29, 0.717) is 11.6 Å². The van der Waals surface area contributed by atoms with Crippen LogP contribution in [0, 0.1) is 6.92 Å². The second-order valence-corrected chi connectivity index (χ2v) is 6.18. The number of carbonyl (C=O) groups excluding carboxylic acids is 1. The number of aromatic nitrogens is 3. The zero-order valence-corrected chi connectivity index (χ0v) is 12.9. The van der Waals surface area contributed by atoms with Crippen LogP contribution >= 0.6 is 11.8 Å². The van der Waals surface area contributed by atoms with Crippen LogP contribution in [0.1, 0.15) is 12.7 Å². The van der Waals surface area contributed by atoms with Gasteiger partial charge in [0.25, 0.3) is 0 Å². The summed E-state index contributed by atoms with van der Waals surface area (Å²) in [4.78, 5) is 13.1. The molecule has 0 aliphatic rings. The molecule has 0 aliphatic heterocycles. The highest BCUT2D eigenvalue weighted by atomic mass is 32.2. The Balaban J connectivity index is 1.75. The third kappa shape index (κ3) is 3.09. The van der Waals surface area contributed by atoms with Gasteiger partial charge in [0.15, 0.2) is 5.82 Å². The average Bonchev–Trinajstić information content (AvgIpc) is 2.92. The Morgan fingerprint density at radius 1 is 1.36 bits per heavy atom. The van der Waals surface area contributed by atoms with Crippen molar-refractivity contribution < 1.29 is 9.32 Å². The molecule has 0 bridgehead atoms. The third-order valence-electron chi connectivity index (χ3n) is 3.06. The van der Waals surface area contributed by atoms with Gasteiger partial charge in [0.1, 0.15) is 5.76 Å². The number of nitrogens with one attached hydrogen (secondary N) is 1. The molecule has 2 aromatic heterocycles. The number of amides is 1. The van der Waals surface area contributed by atoms with Crippen LogP contribution in [0.2, 0.25) is 0 Å². The van der Waals surface area contributed by atoms with Gasteiger partial charge in [-0.15, -0.1) is 11.8 Å². The molecule has 0 aliphatic carbocycles. The fourth-order valence-corrected chi connectivity index (χ4v) is 2.93. The molecular weight excluding hydrogens is 300 g/mol. The van der Waals surface area contributed by atoms with Crippen LogP contribution in [0.5, 0.6) is 0 Å². The summed E-state index contributed by atoms with van der Waals surface area (Å²) in [6.07, 6.45) is 1.68. The number of rotatable bonds is 4. The van der Waals surface area contributed by atoms with E-state index in [9.17, 15) is 4.79 Å². The number of fused-ring (bicyclic) bond motifs is 1. The van der Waals surface area contributed by atoms with Gasteiger partial charge in [-0.25, -0.2) is 0 Å². The molecule has 0 fully saturated rings. The number of aryl methyl sites for hydroxylation is 1. The minimum absolute atomic E-state index is 0.140. The van der Waals surface area contributed by atoms with Gasteiger partial charge >= 0.3 is 0 Å². The third-order valence-corrected chi connectivity index (χ3v) is 4.21. The quantitative estimate of drug-likeness (QED) is 0.745. The first-order valence-electron chi connectivity index (χ1n) is 6.75. The topological polar surface area (TPSA) is 80.9 Å². The molecular formula is C15H14N4O2S. The molecule has 7 heteroatoms. The second-order valence-electron chi connectivity index (χ2n) is 4.80. The van der Waals surface area contributed by atoms with Gasteiger partial charge in [-0.2, -0.15) is 10.2 Å². The van der Waals surface area contributed by atoms with Crippen molar-refractivity contribution in [3.63, 3.8) is 0 Å². The standard InChI is InChI=1S/C15H14N4O2S/c1-9-7-14(19-21-9)17-15(20)10(2)22-13-8-16-18-12-6-4-3-5-11(12)13/h3-8,10H,1-2H3,(H,17,19,20)/t10-/m1/s1. The minimum atomic E-state index is -0.301. The predicted octanol–water partition coefficient (Wildman–Crippen LogP) is 3.05. The SMILES string of the molecule is Cc1cc(NC(=O)[C@@H](C)Sc2cnnc3ccccc23)no1. The van der Waals surface area contributed by atoms with Gasteiger partial charge in [0.05, 0.1) is 17.0 Å². The van der Waals surface area contributed by atoms with E-state index >= 15 is 0 Å². The Morgan fingerprint density at radius 3 is 2.95 bits per heavy atom. The lowest BCUT2D eigenvalue weighted by molar-refractivity contribution is -0.115. The predicted molar refractivity (Wildman–Crippen MR) is 84.7 cm³/mol. The second kappa shape index (κ2) is 6.15. The van der Waals surface area contributed by atoms with Crippen LogP contribution in [0.3, 0.4) is 0 Å². The van der Waals surface area contributed by atoms with Gasteiger partial charge in [-0.1, -0.05) is 23.4 Å². The largest absolute Gasteiger partial charge is 0.360 e. The molecule has 0 spiro atoms. The average molecular weight is 314 g/mol. The first-order chi connectivity index (χ1) is 10.6. The summed E-state index contributed by atoms with van der Waals surface area (Å²) in [5.41, 5.74) is 0.812. The molecule has 22 heavy (non-hydrogen) atoms. The number of carbonyl (C=O) groups is 1. The zero-order chi connectivity index (χ0) is 15.5. The van der Waals surface area contributed by atoms with Gasteiger partial charge in [0, 0.05) is 16.3 Å². The summed E-state index contributed by atoms with van der Waals surface area (Å²) < 4.78 is 4.93. The Kier molecular flexibility index (Phi) is 4.06. The number of anilines is 1. The summed E-state index contributed by atoms with van der Waals surface area (Å²) >= 11 is 1.43. The lowest BCUT2D eigenvalue weighted by Gasteiger charge is -2.11. The normalized spacial score (nSPS) is 12.3. The summed E-state index contributed by atoms with van der Waals surface area (Å²) in [7, 11) is 0. The maximum absolute atomic E-state index is 12.2. The van der Waals surface area contributed by atoms with Crippen molar-refractivity contribution >= 4 is 34.4 Å². The molecule has 112 valence electrons. The summed E-state index contributed by atoms with van der Waals surface area (Å²) in [6.45, 7) is 3.61. The maximum atomic E-state index is 12.2. The lowest BCUT2D eigenvalue weighted by Crippen LogP contribution is -2.22. The fourth-order valence-electron chi connectivity index (χ4n) is 1.97. The van der Waals surface area contributed by atoms with Crippen LogP contribution in [-0.4, -0.2) is 26.5 Å². The molecule has 3 aromatic rings. The number of benzene rings is 1. The smallest absolute Gasteiger partial charge is 0.238 e. The maximum Gasteiger partial charge on any atom is 0.238 e. The molecule has 2 heterocycles. The monoisotopic (exact) mass is 314 g/mol. The van der Waals surface area contributed by atoms with E-state index < -0.39 is 0 Å². The highest BCUT2D eigenvalue weighted by molar-refractivity contribution is 8.00. The van der Waals surface area contributed by atoms with E-state index in [4.69, 9.17) is 4.52 Å².